The van der Waals surface area contributed by atoms with Crippen molar-refractivity contribution >= 4 is 30.4 Å². The zero-order chi connectivity index (χ0) is 23.0. The van der Waals surface area contributed by atoms with Crippen LogP contribution in [0.15, 0.2) is 0 Å². The maximum atomic E-state index is 12.7. The van der Waals surface area contributed by atoms with Crippen LogP contribution in [0.25, 0.3) is 0 Å². The van der Waals surface area contributed by atoms with Crippen LogP contribution in [0.5, 0.6) is 0 Å². The molecule has 0 aromatic heterocycles. The van der Waals surface area contributed by atoms with Crippen LogP contribution in [0, 0.1) is 5.92 Å². The smallest absolute Gasteiger partial charge is 0.420 e. The Balaban J connectivity index is 6.15. The molecule has 0 bridgehead atoms. The highest BCUT2D eigenvalue weighted by Gasteiger charge is 2.43. The van der Waals surface area contributed by atoms with E-state index in [9.17, 15) is 24.0 Å². The van der Waals surface area contributed by atoms with Gasteiger partial charge in [0.25, 0.3) is 0 Å². The number of hydrogen-bond donors (Lipinski definition) is 0. The summed E-state index contributed by atoms with van der Waals surface area (Å²) in [4.78, 5) is 61.3. The fraction of sp³-hybridized carbons (Fsp3) is 0.737. The van der Waals surface area contributed by atoms with E-state index in [0.717, 1.165) is 14.2 Å². The normalized spacial score (nSPS) is 13.5. The van der Waals surface area contributed by atoms with Crippen molar-refractivity contribution in [3.05, 3.63) is 0 Å². The third-order valence-corrected chi connectivity index (χ3v) is 3.39. The molecule has 2 atom stereocenters. The maximum Gasteiger partial charge on any atom is 0.420 e. The minimum atomic E-state index is -1.58. The van der Waals surface area contributed by atoms with Crippen molar-refractivity contribution in [1.29, 1.82) is 0 Å². The Morgan fingerprint density at radius 2 is 1.24 bits per heavy atom. The van der Waals surface area contributed by atoms with E-state index in [1.165, 1.54) is 0 Å². The maximum absolute atomic E-state index is 12.7. The molecule has 0 aromatic rings. The lowest BCUT2D eigenvalue weighted by atomic mass is 9.96. The first-order valence-corrected chi connectivity index (χ1v) is 9.01. The molecule has 0 aromatic carbocycles. The molecule has 0 saturated carbocycles. The Morgan fingerprint density at radius 1 is 0.828 bits per heavy atom. The summed E-state index contributed by atoms with van der Waals surface area (Å²) in [7, 11) is 2.18. The molecular formula is C19H31NO9. The van der Waals surface area contributed by atoms with Crippen LogP contribution < -0.4 is 0 Å². The molecule has 10 nitrogen and oxygen atoms in total. The molecule has 0 saturated heterocycles. The Hall–Kier alpha value is -2.65. The number of carbonyl (C=O) groups excluding carboxylic acids is 5. The summed E-state index contributed by atoms with van der Waals surface area (Å²) in [5.41, 5.74) is -1.97. The van der Waals surface area contributed by atoms with Crippen molar-refractivity contribution in [3.63, 3.8) is 0 Å². The summed E-state index contributed by atoms with van der Waals surface area (Å²) in [5, 5.41) is 0. The highest BCUT2D eigenvalue weighted by Crippen LogP contribution is 2.23. The van der Waals surface area contributed by atoms with Crippen molar-refractivity contribution in [2.75, 3.05) is 14.2 Å². The van der Waals surface area contributed by atoms with Gasteiger partial charge in [-0.25, -0.2) is 14.4 Å². The van der Waals surface area contributed by atoms with Gasteiger partial charge < -0.3 is 23.7 Å². The van der Waals surface area contributed by atoms with Crippen LogP contribution in [0.1, 0.15) is 54.4 Å². The highest BCUT2D eigenvalue weighted by molar-refractivity contribution is 5.94. The van der Waals surface area contributed by atoms with E-state index < -0.39 is 53.7 Å². The fourth-order valence-electron chi connectivity index (χ4n) is 2.24. The van der Waals surface area contributed by atoms with Crippen LogP contribution in [-0.4, -0.2) is 66.8 Å². The van der Waals surface area contributed by atoms with Gasteiger partial charge in [0.15, 0.2) is 0 Å². The van der Waals surface area contributed by atoms with Gasteiger partial charge in [-0.1, -0.05) is 0 Å². The minimum Gasteiger partial charge on any atom is -0.469 e. The summed E-state index contributed by atoms with van der Waals surface area (Å²) in [5.74, 6) is -2.85. The lowest BCUT2D eigenvalue weighted by molar-refractivity contribution is -0.151. The van der Waals surface area contributed by atoms with Gasteiger partial charge in [0.1, 0.15) is 23.5 Å². The molecule has 166 valence electrons. The van der Waals surface area contributed by atoms with Gasteiger partial charge in [-0.3, -0.25) is 4.79 Å². The van der Waals surface area contributed by atoms with E-state index in [0.29, 0.717) is 11.2 Å². The number of carbonyl (C=O) groups is 5. The third-order valence-electron chi connectivity index (χ3n) is 3.39. The molecule has 0 aliphatic carbocycles. The molecule has 0 spiro atoms. The molecule has 2 amide bonds. The molecule has 0 fully saturated rings. The number of methoxy groups -OCH3 is 2. The number of amides is 2. The van der Waals surface area contributed by atoms with Crippen LogP contribution >= 0.6 is 0 Å². The van der Waals surface area contributed by atoms with Crippen molar-refractivity contribution in [2.45, 2.75) is 71.6 Å². The Kier molecular flexibility index (Phi) is 9.79. The number of rotatable bonds is 7. The van der Waals surface area contributed by atoms with E-state index in [2.05, 4.69) is 4.74 Å². The second kappa shape index (κ2) is 10.8. The average Bonchev–Trinajstić information content (AvgIpc) is 2.55. The highest BCUT2D eigenvalue weighted by atomic mass is 16.6. The first kappa shape index (κ1) is 26.4. The lowest BCUT2D eigenvalue weighted by Crippen LogP contribution is -2.53. The predicted octanol–water partition coefficient (Wildman–Crippen LogP) is 2.47. The quantitative estimate of drug-likeness (QED) is 0.349. The molecular weight excluding hydrogens is 386 g/mol. The number of imide groups is 1. The van der Waals surface area contributed by atoms with Crippen molar-refractivity contribution in [1.82, 2.24) is 4.90 Å². The van der Waals surface area contributed by atoms with Gasteiger partial charge >= 0.3 is 24.1 Å². The van der Waals surface area contributed by atoms with Crippen LogP contribution in [-0.2, 0) is 33.3 Å². The fourth-order valence-corrected chi connectivity index (χ4v) is 2.24. The lowest BCUT2D eigenvalue weighted by Gasteiger charge is -2.33. The second-order valence-electron chi connectivity index (χ2n) is 8.23. The molecule has 0 radical (unpaired) electrons. The summed E-state index contributed by atoms with van der Waals surface area (Å²) in [6.07, 6.45) is -2.53. The zero-order valence-corrected chi connectivity index (χ0v) is 18.3. The number of nitrogens with zero attached hydrogens (tertiary/aromatic N) is 1. The second-order valence-corrected chi connectivity index (χ2v) is 8.23. The third kappa shape index (κ3) is 9.40. The van der Waals surface area contributed by atoms with Gasteiger partial charge in [-0.05, 0) is 48.0 Å². The molecule has 0 rings (SSSR count). The van der Waals surface area contributed by atoms with Crippen LogP contribution in [0.3, 0.4) is 0 Å². The van der Waals surface area contributed by atoms with E-state index in [1.807, 2.05) is 0 Å². The van der Waals surface area contributed by atoms with E-state index in [4.69, 9.17) is 14.2 Å². The molecule has 0 unspecified atom stereocenters. The number of aldehydes is 1. The summed E-state index contributed by atoms with van der Waals surface area (Å²) >= 11 is 0. The Labute approximate surface area is 170 Å². The van der Waals surface area contributed by atoms with E-state index in [1.54, 1.807) is 41.5 Å². The average molecular weight is 417 g/mol. The minimum absolute atomic E-state index is 0.281. The SMILES string of the molecule is COC(=O)[C@@H](CC=O)C[C@@H](C(=O)OC)N(C(=O)OC(C)(C)C)C(=O)OC(C)(C)C. The number of esters is 2. The molecule has 0 aliphatic heterocycles. The standard InChI is InChI=1S/C19H31NO9/c1-18(2,3)28-16(24)20(17(25)29-19(4,5)6)13(15(23)27-8)11-12(9-10-21)14(22)26-7/h10,12-13H,9,11H2,1-8H3/t12-,13-/m0/s1. The summed E-state index contributed by atoms with van der Waals surface area (Å²) in [6.45, 7) is 9.47. The summed E-state index contributed by atoms with van der Waals surface area (Å²) in [6, 6.07) is -1.58. The molecule has 29 heavy (non-hydrogen) atoms. The monoisotopic (exact) mass is 417 g/mol. The molecule has 10 heteroatoms. The van der Waals surface area contributed by atoms with Gasteiger partial charge in [0.2, 0.25) is 0 Å². The first-order valence-electron chi connectivity index (χ1n) is 9.01. The van der Waals surface area contributed by atoms with Crippen molar-refractivity contribution < 1.29 is 42.9 Å². The first-order chi connectivity index (χ1) is 13.2. The zero-order valence-electron chi connectivity index (χ0n) is 18.3. The Morgan fingerprint density at radius 3 is 1.55 bits per heavy atom. The number of hydrogen-bond acceptors (Lipinski definition) is 9. The van der Waals surface area contributed by atoms with Gasteiger partial charge in [0, 0.05) is 6.42 Å². The largest absolute Gasteiger partial charge is 0.469 e. The van der Waals surface area contributed by atoms with Crippen LogP contribution in [0.4, 0.5) is 9.59 Å². The van der Waals surface area contributed by atoms with Crippen molar-refractivity contribution in [2.24, 2.45) is 5.92 Å². The predicted molar refractivity (Wildman–Crippen MR) is 101 cm³/mol. The van der Waals surface area contributed by atoms with E-state index >= 15 is 0 Å². The molecule has 0 heterocycles. The number of ether oxygens (including phenoxy) is 4. The van der Waals surface area contributed by atoms with Gasteiger partial charge in [-0.15, -0.1) is 0 Å². The van der Waals surface area contributed by atoms with E-state index in [-0.39, 0.29) is 6.42 Å². The molecule has 0 aliphatic rings. The van der Waals surface area contributed by atoms with Gasteiger partial charge in [0.05, 0.1) is 20.1 Å². The van der Waals surface area contributed by atoms with Crippen LogP contribution in [0.2, 0.25) is 0 Å². The topological polar surface area (TPSA) is 126 Å². The van der Waals surface area contributed by atoms with Gasteiger partial charge in [-0.2, -0.15) is 4.90 Å². The van der Waals surface area contributed by atoms with Crippen molar-refractivity contribution in [3.8, 4) is 0 Å². The molecule has 0 N–H and O–H groups in total. The summed E-state index contributed by atoms with van der Waals surface area (Å²) < 4.78 is 19.8. The Bertz CT molecular complexity index is 588.